The molecule has 0 amide bonds. The van der Waals surface area contributed by atoms with E-state index >= 15 is 0 Å². The lowest BCUT2D eigenvalue weighted by atomic mass is 9.78. The maximum absolute atomic E-state index is 11.9. The average Bonchev–Trinajstić information content (AvgIpc) is 2.43. The van der Waals surface area contributed by atoms with Gasteiger partial charge in [-0.25, -0.2) is 0 Å². The molecule has 0 radical (unpaired) electrons. The Hall–Kier alpha value is -2.29. The topological polar surface area (TPSA) is 69.1 Å². The van der Waals surface area contributed by atoms with Crippen LogP contribution in [0.1, 0.15) is 40.2 Å². The van der Waals surface area contributed by atoms with Gasteiger partial charge in [0.05, 0.1) is 11.4 Å². The molecule has 0 aliphatic heterocycles. The van der Waals surface area contributed by atoms with Crippen molar-refractivity contribution in [3.63, 3.8) is 0 Å². The molecule has 96 valence electrons. The fourth-order valence-corrected chi connectivity index (χ4v) is 2.78. The van der Waals surface area contributed by atoms with E-state index in [4.69, 9.17) is 11.5 Å². The number of nitrogen functional groups attached to an aromatic ring is 2. The number of hydrogen-bond donors (Lipinski definition) is 2. The Balaban J connectivity index is 2.09. The van der Waals surface area contributed by atoms with Crippen LogP contribution in [0.3, 0.4) is 0 Å². The Kier molecular flexibility index (Phi) is 2.75. The van der Waals surface area contributed by atoms with Crippen LogP contribution in [0.15, 0.2) is 42.5 Å². The van der Waals surface area contributed by atoms with Crippen molar-refractivity contribution in [2.45, 2.75) is 18.8 Å². The molecule has 0 bridgehead atoms. The van der Waals surface area contributed by atoms with Crippen molar-refractivity contribution < 1.29 is 4.79 Å². The molecule has 2 aromatic rings. The third kappa shape index (κ3) is 1.97. The van der Waals surface area contributed by atoms with Crippen LogP contribution in [-0.4, -0.2) is 5.78 Å². The molecule has 3 rings (SSSR count). The van der Waals surface area contributed by atoms with Gasteiger partial charge in [-0.2, -0.15) is 0 Å². The van der Waals surface area contributed by atoms with Gasteiger partial charge in [-0.15, -0.1) is 0 Å². The zero-order valence-electron chi connectivity index (χ0n) is 10.6. The van der Waals surface area contributed by atoms with Crippen molar-refractivity contribution in [2.24, 2.45) is 0 Å². The second-order valence-corrected chi connectivity index (χ2v) is 4.99. The van der Waals surface area contributed by atoms with E-state index in [1.165, 1.54) is 0 Å². The number of hydrogen-bond acceptors (Lipinski definition) is 3. The SMILES string of the molecule is Nc1ccc([C@H]2CCC(=O)c3ccccc32)cc1N. The molecule has 0 fully saturated rings. The van der Waals surface area contributed by atoms with Crippen molar-refractivity contribution in [1.82, 2.24) is 0 Å². The van der Waals surface area contributed by atoms with Crippen LogP contribution in [0.4, 0.5) is 11.4 Å². The molecule has 2 aromatic carbocycles. The van der Waals surface area contributed by atoms with Gasteiger partial charge in [0.25, 0.3) is 0 Å². The number of nitrogens with two attached hydrogens (primary N) is 2. The summed E-state index contributed by atoms with van der Waals surface area (Å²) in [5.41, 5.74) is 15.9. The number of carbonyl (C=O) groups is 1. The molecule has 3 nitrogen and oxygen atoms in total. The molecule has 0 aromatic heterocycles. The van der Waals surface area contributed by atoms with E-state index in [9.17, 15) is 4.79 Å². The molecule has 1 aliphatic carbocycles. The van der Waals surface area contributed by atoms with Gasteiger partial charge in [0.2, 0.25) is 0 Å². The summed E-state index contributed by atoms with van der Waals surface area (Å²) in [6, 6.07) is 13.6. The van der Waals surface area contributed by atoms with Crippen LogP contribution in [0.5, 0.6) is 0 Å². The van der Waals surface area contributed by atoms with E-state index in [2.05, 4.69) is 0 Å². The number of carbonyl (C=O) groups excluding carboxylic acids is 1. The van der Waals surface area contributed by atoms with Gasteiger partial charge < -0.3 is 11.5 Å². The second kappa shape index (κ2) is 4.43. The van der Waals surface area contributed by atoms with E-state index in [1.807, 2.05) is 42.5 Å². The monoisotopic (exact) mass is 252 g/mol. The first-order chi connectivity index (χ1) is 9.16. The first-order valence-corrected chi connectivity index (χ1v) is 6.44. The van der Waals surface area contributed by atoms with Gasteiger partial charge in [0.15, 0.2) is 5.78 Å². The van der Waals surface area contributed by atoms with Crippen molar-refractivity contribution in [1.29, 1.82) is 0 Å². The summed E-state index contributed by atoms with van der Waals surface area (Å²) in [6.07, 6.45) is 1.42. The zero-order chi connectivity index (χ0) is 13.4. The van der Waals surface area contributed by atoms with Crippen molar-refractivity contribution in [2.75, 3.05) is 11.5 Å². The number of rotatable bonds is 1. The number of anilines is 2. The summed E-state index contributed by atoms with van der Waals surface area (Å²) in [6.45, 7) is 0. The minimum Gasteiger partial charge on any atom is -0.397 e. The standard InChI is InChI=1S/C16H16N2O/c17-14-7-5-10(9-15(14)18)11-6-8-16(19)13-4-2-1-3-12(11)13/h1-5,7,9,11H,6,8,17-18H2/t11-/m1/s1. The van der Waals surface area contributed by atoms with E-state index in [1.54, 1.807) is 0 Å². The quantitative estimate of drug-likeness (QED) is 0.767. The Labute approximate surface area is 112 Å². The summed E-state index contributed by atoms with van der Waals surface area (Å²) in [4.78, 5) is 11.9. The van der Waals surface area contributed by atoms with Crippen molar-refractivity contribution in [3.05, 3.63) is 59.2 Å². The lowest BCUT2D eigenvalue weighted by molar-refractivity contribution is 0.0969. The van der Waals surface area contributed by atoms with Crippen LogP contribution in [0, 0.1) is 0 Å². The first kappa shape index (κ1) is 11.8. The summed E-state index contributed by atoms with van der Waals surface area (Å²) >= 11 is 0. The molecule has 0 saturated heterocycles. The van der Waals surface area contributed by atoms with Crippen LogP contribution >= 0.6 is 0 Å². The zero-order valence-corrected chi connectivity index (χ0v) is 10.6. The Bertz CT molecular complexity index is 649. The van der Waals surface area contributed by atoms with E-state index in [0.717, 1.165) is 23.1 Å². The lowest BCUT2D eigenvalue weighted by Gasteiger charge is -2.25. The average molecular weight is 252 g/mol. The van der Waals surface area contributed by atoms with E-state index < -0.39 is 0 Å². The Morgan fingerprint density at radius 3 is 2.58 bits per heavy atom. The second-order valence-electron chi connectivity index (χ2n) is 4.99. The highest BCUT2D eigenvalue weighted by atomic mass is 16.1. The largest absolute Gasteiger partial charge is 0.397 e. The molecule has 4 N–H and O–H groups in total. The minimum atomic E-state index is 0.232. The summed E-state index contributed by atoms with van der Waals surface area (Å²) in [5.74, 6) is 0.465. The predicted molar refractivity (Wildman–Crippen MR) is 77.1 cm³/mol. The third-order valence-corrected chi connectivity index (χ3v) is 3.81. The maximum Gasteiger partial charge on any atom is 0.163 e. The van der Waals surface area contributed by atoms with Crippen LogP contribution in [-0.2, 0) is 0 Å². The summed E-state index contributed by atoms with van der Waals surface area (Å²) in [5, 5.41) is 0. The molecular weight excluding hydrogens is 236 g/mol. The van der Waals surface area contributed by atoms with Gasteiger partial charge in [0, 0.05) is 17.9 Å². The predicted octanol–water partition coefficient (Wildman–Crippen LogP) is 2.96. The fraction of sp³-hybridized carbons (Fsp3) is 0.188. The maximum atomic E-state index is 11.9. The molecule has 0 unspecified atom stereocenters. The van der Waals surface area contributed by atoms with Crippen LogP contribution in [0.2, 0.25) is 0 Å². The first-order valence-electron chi connectivity index (χ1n) is 6.44. The van der Waals surface area contributed by atoms with Crippen molar-refractivity contribution >= 4 is 17.2 Å². The van der Waals surface area contributed by atoms with Gasteiger partial charge in [-0.3, -0.25) is 4.79 Å². The normalized spacial score (nSPS) is 18.1. The van der Waals surface area contributed by atoms with Crippen molar-refractivity contribution in [3.8, 4) is 0 Å². The minimum absolute atomic E-state index is 0.232. The summed E-state index contributed by atoms with van der Waals surface area (Å²) < 4.78 is 0. The molecule has 3 heteroatoms. The molecular formula is C16H16N2O. The molecule has 0 saturated carbocycles. The highest BCUT2D eigenvalue weighted by Gasteiger charge is 2.26. The lowest BCUT2D eigenvalue weighted by Crippen LogP contribution is -2.16. The van der Waals surface area contributed by atoms with Crippen LogP contribution in [0.25, 0.3) is 0 Å². The Morgan fingerprint density at radius 1 is 1.00 bits per heavy atom. The number of fused-ring (bicyclic) bond motifs is 1. The van der Waals surface area contributed by atoms with Gasteiger partial charge in [-0.1, -0.05) is 30.3 Å². The highest BCUT2D eigenvalue weighted by Crippen LogP contribution is 2.37. The van der Waals surface area contributed by atoms with Crippen LogP contribution < -0.4 is 11.5 Å². The molecule has 19 heavy (non-hydrogen) atoms. The van der Waals surface area contributed by atoms with E-state index in [0.29, 0.717) is 17.8 Å². The van der Waals surface area contributed by atoms with Gasteiger partial charge >= 0.3 is 0 Å². The fourth-order valence-electron chi connectivity index (χ4n) is 2.78. The smallest absolute Gasteiger partial charge is 0.163 e. The van der Waals surface area contributed by atoms with Gasteiger partial charge in [0.1, 0.15) is 0 Å². The van der Waals surface area contributed by atoms with E-state index in [-0.39, 0.29) is 11.7 Å². The number of Topliss-reactive ketones (excluding diaryl/α,β-unsaturated/α-hetero) is 1. The highest BCUT2D eigenvalue weighted by molar-refractivity contribution is 5.99. The van der Waals surface area contributed by atoms with Gasteiger partial charge in [-0.05, 0) is 29.7 Å². The number of ketones is 1. The summed E-state index contributed by atoms with van der Waals surface area (Å²) in [7, 11) is 0. The Morgan fingerprint density at radius 2 is 1.79 bits per heavy atom. The third-order valence-electron chi connectivity index (χ3n) is 3.81. The number of benzene rings is 2. The molecule has 1 atom stereocenters. The molecule has 1 aliphatic rings. The molecule has 0 heterocycles. The molecule has 0 spiro atoms.